The van der Waals surface area contributed by atoms with Gasteiger partial charge in [-0.2, -0.15) is 5.10 Å². The van der Waals surface area contributed by atoms with Crippen LogP contribution < -0.4 is 10.9 Å². The van der Waals surface area contributed by atoms with E-state index in [9.17, 15) is 9.59 Å². The number of hydrogen-bond donors (Lipinski definition) is 3. The number of carbonyl (C=O) groups excluding carboxylic acids is 1. The van der Waals surface area contributed by atoms with Crippen molar-refractivity contribution in [2.45, 2.75) is 5.92 Å². The number of nitrogens with one attached hydrogen (secondary N) is 3. The van der Waals surface area contributed by atoms with Crippen LogP contribution in [0.1, 0.15) is 27.5 Å². The Balaban J connectivity index is 1.52. The SMILES string of the molecule is O=C(NCC(c1ccccc1Cl)c1c[nH]c2ccccc12)c1n[nH]c(=O)c2ccccc12. The second kappa shape index (κ2) is 8.32. The first-order valence-electron chi connectivity index (χ1n) is 10.2. The maximum Gasteiger partial charge on any atom is 0.272 e. The van der Waals surface area contributed by atoms with Crippen LogP contribution in [0.4, 0.5) is 0 Å². The fourth-order valence-electron chi connectivity index (χ4n) is 4.09. The number of para-hydroxylation sites is 1. The quantitative estimate of drug-likeness (QED) is 0.371. The van der Waals surface area contributed by atoms with E-state index in [1.165, 1.54) is 0 Å². The second-order valence-corrected chi connectivity index (χ2v) is 7.93. The molecule has 6 nitrogen and oxygen atoms in total. The van der Waals surface area contributed by atoms with Crippen molar-refractivity contribution in [3.8, 4) is 0 Å². The van der Waals surface area contributed by atoms with Crippen molar-refractivity contribution >= 4 is 39.2 Å². The standard InChI is InChI=1S/C25H19ClN4O2/c26-21-11-5-3-7-15(21)19(20-13-27-22-12-6-4-8-16(20)22)14-28-25(32)23-17-9-1-2-10-18(17)24(31)30-29-23/h1-13,19,27H,14H2,(H,28,32)(H,30,31). The largest absolute Gasteiger partial charge is 0.361 e. The van der Waals surface area contributed by atoms with E-state index >= 15 is 0 Å². The molecular formula is C25H19ClN4O2. The number of halogens is 1. The highest BCUT2D eigenvalue weighted by atomic mass is 35.5. The molecule has 32 heavy (non-hydrogen) atoms. The van der Waals surface area contributed by atoms with E-state index in [2.05, 4.69) is 20.5 Å². The second-order valence-electron chi connectivity index (χ2n) is 7.52. The van der Waals surface area contributed by atoms with Crippen LogP contribution >= 0.6 is 11.6 Å². The number of rotatable bonds is 5. The Kier molecular flexibility index (Phi) is 5.21. The van der Waals surface area contributed by atoms with Gasteiger partial charge < -0.3 is 10.3 Å². The number of fused-ring (bicyclic) bond motifs is 2. The molecule has 3 aromatic carbocycles. The van der Waals surface area contributed by atoms with Crippen LogP contribution in [0.25, 0.3) is 21.7 Å². The van der Waals surface area contributed by atoms with Crippen molar-refractivity contribution in [3.63, 3.8) is 0 Å². The average molecular weight is 443 g/mol. The number of H-pyrrole nitrogens is 2. The summed E-state index contributed by atoms with van der Waals surface area (Å²) in [4.78, 5) is 28.4. The van der Waals surface area contributed by atoms with E-state index in [1.54, 1.807) is 24.3 Å². The van der Waals surface area contributed by atoms with Gasteiger partial charge in [-0.25, -0.2) is 5.10 Å². The van der Waals surface area contributed by atoms with Crippen molar-refractivity contribution in [2.24, 2.45) is 0 Å². The molecule has 158 valence electrons. The Labute approximate surface area is 188 Å². The van der Waals surface area contributed by atoms with Crippen LogP contribution in [0.3, 0.4) is 0 Å². The van der Waals surface area contributed by atoms with Crippen molar-refractivity contribution in [2.75, 3.05) is 6.54 Å². The third-order valence-electron chi connectivity index (χ3n) is 5.66. The van der Waals surface area contributed by atoms with Crippen LogP contribution in [0.2, 0.25) is 5.02 Å². The lowest BCUT2D eigenvalue weighted by molar-refractivity contribution is 0.0948. The minimum atomic E-state index is -0.366. The van der Waals surface area contributed by atoms with Gasteiger partial charge in [0.1, 0.15) is 0 Å². The maximum absolute atomic E-state index is 13.1. The summed E-state index contributed by atoms with van der Waals surface area (Å²) in [6, 6.07) is 22.6. The first-order valence-corrected chi connectivity index (χ1v) is 10.6. The third-order valence-corrected chi connectivity index (χ3v) is 6.00. The highest BCUT2D eigenvalue weighted by Gasteiger charge is 2.22. The Morgan fingerprint density at radius 1 is 0.906 bits per heavy atom. The van der Waals surface area contributed by atoms with Gasteiger partial charge in [-0.1, -0.05) is 66.2 Å². The number of amides is 1. The van der Waals surface area contributed by atoms with Gasteiger partial charge in [0.15, 0.2) is 5.69 Å². The first-order chi connectivity index (χ1) is 15.6. The number of aromatic amines is 2. The Hall–Kier alpha value is -3.90. The molecule has 0 saturated carbocycles. The van der Waals surface area contributed by atoms with Crippen molar-refractivity contribution in [3.05, 3.63) is 111 Å². The normalized spacial score (nSPS) is 12.2. The van der Waals surface area contributed by atoms with Gasteiger partial charge in [-0.15, -0.1) is 0 Å². The minimum Gasteiger partial charge on any atom is -0.361 e. The predicted molar refractivity (Wildman–Crippen MR) is 126 cm³/mol. The Bertz CT molecular complexity index is 1500. The van der Waals surface area contributed by atoms with Crippen molar-refractivity contribution in [1.82, 2.24) is 20.5 Å². The monoisotopic (exact) mass is 442 g/mol. The zero-order valence-corrected chi connectivity index (χ0v) is 17.7. The zero-order chi connectivity index (χ0) is 22.1. The van der Waals surface area contributed by atoms with Crippen molar-refractivity contribution < 1.29 is 4.79 Å². The molecule has 5 aromatic rings. The molecule has 7 heteroatoms. The molecule has 2 aromatic heterocycles. The highest BCUT2D eigenvalue weighted by Crippen LogP contribution is 2.34. The van der Waals surface area contributed by atoms with Crippen LogP contribution in [0.5, 0.6) is 0 Å². The molecule has 1 atom stereocenters. The van der Waals surface area contributed by atoms with Gasteiger partial charge in [0.25, 0.3) is 11.5 Å². The van der Waals surface area contributed by atoms with E-state index in [-0.39, 0.29) is 23.1 Å². The van der Waals surface area contributed by atoms with Gasteiger partial charge in [-0.3, -0.25) is 9.59 Å². The van der Waals surface area contributed by atoms with Gasteiger partial charge in [0.05, 0.1) is 5.39 Å². The fraction of sp³-hybridized carbons (Fsp3) is 0.0800. The lowest BCUT2D eigenvalue weighted by Gasteiger charge is -2.19. The lowest BCUT2D eigenvalue weighted by Crippen LogP contribution is -2.30. The smallest absolute Gasteiger partial charge is 0.272 e. The Morgan fingerprint density at radius 3 is 2.41 bits per heavy atom. The summed E-state index contributed by atoms with van der Waals surface area (Å²) < 4.78 is 0. The first kappa shape index (κ1) is 20.0. The number of nitrogens with zero attached hydrogens (tertiary/aromatic N) is 1. The molecule has 0 aliphatic heterocycles. The Morgan fingerprint density at radius 2 is 1.59 bits per heavy atom. The topological polar surface area (TPSA) is 90.6 Å². The van der Waals surface area contributed by atoms with E-state index < -0.39 is 0 Å². The summed E-state index contributed by atoms with van der Waals surface area (Å²) in [5.41, 5.74) is 2.81. The minimum absolute atomic E-state index is 0.178. The molecule has 1 unspecified atom stereocenters. The number of aromatic nitrogens is 3. The van der Waals surface area contributed by atoms with Gasteiger partial charge >= 0.3 is 0 Å². The summed E-state index contributed by atoms with van der Waals surface area (Å²) in [5, 5.41) is 12.0. The molecule has 2 heterocycles. The number of carbonyl (C=O) groups is 1. The fourth-order valence-corrected chi connectivity index (χ4v) is 4.36. The number of hydrogen-bond acceptors (Lipinski definition) is 3. The van der Waals surface area contributed by atoms with Crippen LogP contribution in [-0.2, 0) is 0 Å². The average Bonchev–Trinajstić information content (AvgIpc) is 3.25. The van der Waals surface area contributed by atoms with Crippen LogP contribution in [-0.4, -0.2) is 27.6 Å². The molecule has 0 spiro atoms. The van der Waals surface area contributed by atoms with E-state index in [0.717, 1.165) is 22.0 Å². The molecule has 3 N–H and O–H groups in total. The summed E-state index contributed by atoms with van der Waals surface area (Å²) in [6.45, 7) is 0.305. The molecule has 0 fully saturated rings. The summed E-state index contributed by atoms with van der Waals surface area (Å²) in [5.74, 6) is -0.549. The zero-order valence-electron chi connectivity index (χ0n) is 16.9. The van der Waals surface area contributed by atoms with E-state index in [1.807, 2.05) is 54.7 Å². The molecule has 1 amide bonds. The molecule has 0 aliphatic carbocycles. The van der Waals surface area contributed by atoms with Crippen LogP contribution in [0.15, 0.2) is 83.8 Å². The molecule has 0 radical (unpaired) electrons. The maximum atomic E-state index is 13.1. The number of benzene rings is 3. The molecule has 0 bridgehead atoms. The summed E-state index contributed by atoms with van der Waals surface area (Å²) in [6.07, 6.45) is 1.96. The van der Waals surface area contributed by atoms with Gasteiger partial charge in [-0.05, 0) is 29.3 Å². The lowest BCUT2D eigenvalue weighted by atomic mass is 9.90. The molecular weight excluding hydrogens is 424 g/mol. The summed E-state index contributed by atoms with van der Waals surface area (Å²) >= 11 is 6.54. The molecule has 5 rings (SSSR count). The van der Waals surface area contributed by atoms with Crippen LogP contribution in [0, 0.1) is 0 Å². The molecule has 0 saturated heterocycles. The van der Waals surface area contributed by atoms with Gasteiger partial charge in [0, 0.05) is 40.0 Å². The summed E-state index contributed by atoms with van der Waals surface area (Å²) in [7, 11) is 0. The van der Waals surface area contributed by atoms with E-state index in [4.69, 9.17) is 11.6 Å². The predicted octanol–water partition coefficient (Wildman–Crippen LogP) is 4.62. The third kappa shape index (κ3) is 3.55. The highest BCUT2D eigenvalue weighted by molar-refractivity contribution is 6.31. The van der Waals surface area contributed by atoms with Gasteiger partial charge in [0.2, 0.25) is 0 Å². The van der Waals surface area contributed by atoms with Crippen molar-refractivity contribution in [1.29, 1.82) is 0 Å². The molecule has 0 aliphatic rings. The van der Waals surface area contributed by atoms with E-state index in [0.29, 0.717) is 22.3 Å².